The minimum absolute atomic E-state index is 0.268. The monoisotopic (exact) mass is 411 g/mol. The number of methoxy groups -OCH3 is 2. The molecule has 0 aromatic heterocycles. The number of hydrogen-bond acceptors (Lipinski definition) is 5. The van der Waals surface area contributed by atoms with Gasteiger partial charge in [0, 0.05) is 5.02 Å². The molecule has 0 saturated carbocycles. The third kappa shape index (κ3) is 3.49. The first-order valence-corrected chi connectivity index (χ1v) is 9.29. The first kappa shape index (κ1) is 18.9. The van der Waals surface area contributed by atoms with E-state index < -0.39 is 5.25 Å². The van der Waals surface area contributed by atoms with E-state index in [1.165, 1.54) is 14.2 Å². The van der Waals surface area contributed by atoms with Crippen LogP contribution in [-0.2, 0) is 11.2 Å². The molecule has 2 amide bonds. The fourth-order valence-corrected chi connectivity index (χ4v) is 4.43. The van der Waals surface area contributed by atoms with E-state index >= 15 is 0 Å². The third-order valence-electron chi connectivity index (χ3n) is 3.94. The maximum atomic E-state index is 12.9. The van der Waals surface area contributed by atoms with Crippen LogP contribution in [-0.4, -0.2) is 30.6 Å². The number of nitrogens with zero attached hydrogens (tertiary/aromatic N) is 1. The van der Waals surface area contributed by atoms with E-state index in [1.807, 2.05) is 0 Å². The second-order valence-electron chi connectivity index (χ2n) is 5.50. The van der Waals surface area contributed by atoms with Gasteiger partial charge in [-0.2, -0.15) is 0 Å². The van der Waals surface area contributed by atoms with E-state index in [1.54, 1.807) is 36.4 Å². The molecule has 2 aromatic rings. The van der Waals surface area contributed by atoms with Crippen LogP contribution in [0.25, 0.3) is 0 Å². The Balaban J connectivity index is 1.91. The molecule has 3 rings (SSSR count). The highest BCUT2D eigenvalue weighted by Gasteiger charge is 2.42. The van der Waals surface area contributed by atoms with E-state index in [9.17, 15) is 9.59 Å². The zero-order chi connectivity index (χ0) is 18.8. The summed E-state index contributed by atoms with van der Waals surface area (Å²) in [5.41, 5.74) is 1.10. The highest BCUT2D eigenvalue weighted by Crippen LogP contribution is 2.40. The molecule has 26 heavy (non-hydrogen) atoms. The molecule has 1 atom stereocenters. The Hall–Kier alpha value is -1.89. The van der Waals surface area contributed by atoms with Crippen molar-refractivity contribution in [3.05, 3.63) is 52.0 Å². The summed E-state index contributed by atoms with van der Waals surface area (Å²) in [6.07, 6.45) is 0.268. The summed E-state index contributed by atoms with van der Waals surface area (Å²) >= 11 is 13.2. The lowest BCUT2D eigenvalue weighted by atomic mass is 10.1. The third-order valence-corrected chi connectivity index (χ3v) is 5.48. The highest BCUT2D eigenvalue weighted by molar-refractivity contribution is 8.15. The van der Waals surface area contributed by atoms with E-state index in [2.05, 4.69) is 0 Å². The quantitative estimate of drug-likeness (QED) is 0.705. The molecule has 1 fully saturated rings. The summed E-state index contributed by atoms with van der Waals surface area (Å²) < 4.78 is 10.6. The second kappa shape index (κ2) is 7.78. The number of ether oxygens (including phenoxy) is 2. The highest BCUT2D eigenvalue weighted by atomic mass is 35.5. The van der Waals surface area contributed by atoms with Crippen LogP contribution in [0.15, 0.2) is 36.4 Å². The number of rotatable bonds is 5. The Bertz CT molecular complexity index is 874. The number of benzene rings is 2. The largest absolute Gasteiger partial charge is 0.495 e. The fraction of sp³-hybridized carbons (Fsp3) is 0.222. The molecule has 2 aromatic carbocycles. The molecule has 0 unspecified atom stereocenters. The minimum atomic E-state index is -0.601. The van der Waals surface area contributed by atoms with Crippen molar-refractivity contribution in [2.45, 2.75) is 11.7 Å². The van der Waals surface area contributed by atoms with Crippen LogP contribution in [0.5, 0.6) is 11.5 Å². The van der Waals surface area contributed by atoms with Crippen molar-refractivity contribution in [3.63, 3.8) is 0 Å². The molecular formula is C18H15Cl2NO4S. The lowest BCUT2D eigenvalue weighted by Gasteiger charge is -2.17. The Morgan fingerprint density at radius 1 is 1.12 bits per heavy atom. The first-order chi connectivity index (χ1) is 12.5. The van der Waals surface area contributed by atoms with Gasteiger partial charge in [0.25, 0.3) is 5.24 Å². The number of hydrogen-bond donors (Lipinski definition) is 0. The van der Waals surface area contributed by atoms with Gasteiger partial charge in [-0.3, -0.25) is 9.59 Å². The molecule has 5 nitrogen and oxygen atoms in total. The summed E-state index contributed by atoms with van der Waals surface area (Å²) in [6, 6.07) is 10.2. The van der Waals surface area contributed by atoms with Gasteiger partial charge in [0.15, 0.2) is 0 Å². The van der Waals surface area contributed by atoms with Crippen LogP contribution < -0.4 is 14.4 Å². The molecule has 0 aliphatic carbocycles. The molecule has 8 heteroatoms. The Labute approximate surface area is 165 Å². The zero-order valence-corrected chi connectivity index (χ0v) is 16.3. The summed E-state index contributed by atoms with van der Waals surface area (Å²) in [4.78, 5) is 26.5. The van der Waals surface area contributed by atoms with Gasteiger partial charge in [0.2, 0.25) is 5.91 Å². The van der Waals surface area contributed by atoms with Gasteiger partial charge >= 0.3 is 0 Å². The molecule has 0 bridgehead atoms. The standard InChI is InChI=1S/C18H15Cl2NO4S/c1-24-14-6-4-3-5-13(14)21-17(22)15(26-18(21)23)8-10-7-11(19)9-12(20)16(10)25-2/h3-7,9,15H,8H2,1-2H3/t15-/m0/s1. The van der Waals surface area contributed by atoms with Gasteiger partial charge in [-0.25, -0.2) is 4.90 Å². The molecule has 1 aliphatic rings. The minimum Gasteiger partial charge on any atom is -0.495 e. The van der Waals surface area contributed by atoms with Crippen LogP contribution in [0, 0.1) is 0 Å². The summed E-state index contributed by atoms with van der Waals surface area (Å²) in [7, 11) is 2.99. The van der Waals surface area contributed by atoms with Crippen LogP contribution in [0.3, 0.4) is 0 Å². The first-order valence-electron chi connectivity index (χ1n) is 7.65. The van der Waals surface area contributed by atoms with Crippen molar-refractivity contribution in [1.82, 2.24) is 0 Å². The predicted molar refractivity (Wildman–Crippen MR) is 104 cm³/mol. The molecule has 0 spiro atoms. The van der Waals surface area contributed by atoms with Gasteiger partial charge in [-0.1, -0.05) is 47.1 Å². The van der Waals surface area contributed by atoms with E-state index in [0.717, 1.165) is 16.7 Å². The molecule has 1 aliphatic heterocycles. The van der Waals surface area contributed by atoms with Gasteiger partial charge in [0.05, 0.1) is 30.2 Å². The molecule has 0 radical (unpaired) electrons. The zero-order valence-electron chi connectivity index (χ0n) is 14.0. The van der Waals surface area contributed by atoms with Crippen LogP contribution in [0.2, 0.25) is 10.0 Å². The summed E-state index contributed by atoms with van der Waals surface area (Å²) in [5, 5.41) is -0.153. The van der Waals surface area contributed by atoms with Crippen LogP contribution in [0.4, 0.5) is 10.5 Å². The predicted octanol–water partition coefficient (Wildman–Crippen LogP) is 4.82. The lowest BCUT2D eigenvalue weighted by molar-refractivity contribution is -0.117. The molecule has 0 N–H and O–H groups in total. The Kier molecular flexibility index (Phi) is 5.65. The number of carbonyl (C=O) groups excluding carboxylic acids is 2. The van der Waals surface area contributed by atoms with E-state index in [0.29, 0.717) is 32.8 Å². The smallest absolute Gasteiger partial charge is 0.293 e. The van der Waals surface area contributed by atoms with Crippen LogP contribution in [0.1, 0.15) is 5.56 Å². The van der Waals surface area contributed by atoms with Crippen LogP contribution >= 0.6 is 35.0 Å². The van der Waals surface area contributed by atoms with Crippen molar-refractivity contribution in [2.24, 2.45) is 0 Å². The Morgan fingerprint density at radius 3 is 2.54 bits per heavy atom. The molecule has 136 valence electrons. The number of anilines is 1. The second-order valence-corrected chi connectivity index (χ2v) is 7.50. The Morgan fingerprint density at radius 2 is 1.85 bits per heavy atom. The van der Waals surface area contributed by atoms with Gasteiger partial charge < -0.3 is 9.47 Å². The van der Waals surface area contributed by atoms with Crippen molar-refractivity contribution in [3.8, 4) is 11.5 Å². The average Bonchev–Trinajstić information content (AvgIpc) is 2.88. The molecule has 1 saturated heterocycles. The topological polar surface area (TPSA) is 55.8 Å². The number of carbonyl (C=O) groups is 2. The molecule has 1 heterocycles. The normalized spacial score (nSPS) is 16.9. The van der Waals surface area contributed by atoms with Gasteiger partial charge in [-0.15, -0.1) is 0 Å². The number of halogens is 2. The van der Waals surface area contributed by atoms with E-state index in [-0.39, 0.29) is 17.6 Å². The number of para-hydroxylation sites is 2. The SMILES string of the molecule is COc1ccccc1N1C(=O)S[C@@H](Cc2cc(Cl)cc(Cl)c2OC)C1=O. The lowest BCUT2D eigenvalue weighted by Crippen LogP contribution is -2.32. The van der Waals surface area contributed by atoms with Crippen molar-refractivity contribution >= 4 is 51.8 Å². The summed E-state index contributed by atoms with van der Waals surface area (Å²) in [5.74, 6) is 0.592. The van der Waals surface area contributed by atoms with Gasteiger partial charge in [-0.05, 0) is 36.2 Å². The van der Waals surface area contributed by atoms with Gasteiger partial charge in [0.1, 0.15) is 11.5 Å². The van der Waals surface area contributed by atoms with E-state index in [4.69, 9.17) is 32.7 Å². The average molecular weight is 412 g/mol. The number of imide groups is 1. The van der Waals surface area contributed by atoms with Crippen molar-refractivity contribution in [2.75, 3.05) is 19.1 Å². The maximum absolute atomic E-state index is 12.9. The van der Waals surface area contributed by atoms with Crippen molar-refractivity contribution < 1.29 is 19.1 Å². The summed E-state index contributed by atoms with van der Waals surface area (Å²) in [6.45, 7) is 0. The fourth-order valence-electron chi connectivity index (χ4n) is 2.81. The van der Waals surface area contributed by atoms with Crippen molar-refractivity contribution in [1.29, 1.82) is 0 Å². The maximum Gasteiger partial charge on any atom is 0.293 e. The number of amides is 2. The number of thioether (sulfide) groups is 1. The molecular weight excluding hydrogens is 397 g/mol.